The minimum Gasteiger partial charge on any atom is -0.496 e. The Morgan fingerprint density at radius 2 is 2.11 bits per heavy atom. The van der Waals surface area contributed by atoms with Gasteiger partial charge in [0.25, 0.3) is 0 Å². The molecule has 1 N–H and O–H groups in total. The summed E-state index contributed by atoms with van der Waals surface area (Å²) in [7, 11) is 1.69. The Kier molecular flexibility index (Phi) is 4.25. The van der Waals surface area contributed by atoms with Gasteiger partial charge >= 0.3 is 0 Å². The summed E-state index contributed by atoms with van der Waals surface area (Å²) in [6, 6.07) is 10.0. The third-order valence-electron chi connectivity index (χ3n) is 2.72. The van der Waals surface area contributed by atoms with E-state index in [1.165, 1.54) is 5.56 Å². The highest BCUT2D eigenvalue weighted by Gasteiger charge is 2.00. The van der Waals surface area contributed by atoms with Crippen LogP contribution in [0.3, 0.4) is 0 Å². The van der Waals surface area contributed by atoms with Crippen molar-refractivity contribution >= 4 is 0 Å². The number of rotatable bonds is 5. The van der Waals surface area contributed by atoms with Gasteiger partial charge in [0.05, 0.1) is 12.8 Å². The zero-order chi connectivity index (χ0) is 12.8. The first kappa shape index (κ1) is 12.5. The summed E-state index contributed by atoms with van der Waals surface area (Å²) in [4.78, 5) is 0. The van der Waals surface area contributed by atoms with Crippen LogP contribution in [0.15, 0.2) is 36.5 Å². The molecule has 2 rings (SSSR count). The number of hydrogen-bond acceptors (Lipinski definition) is 4. The fourth-order valence-electron chi connectivity index (χ4n) is 1.81. The SMILES string of the molecule is COc1ccc(CNCc2cccnn2)cc1C. The lowest BCUT2D eigenvalue weighted by Gasteiger charge is -2.08. The van der Waals surface area contributed by atoms with Gasteiger partial charge in [0.1, 0.15) is 5.75 Å². The molecule has 1 aromatic heterocycles. The van der Waals surface area contributed by atoms with Gasteiger partial charge in [0, 0.05) is 19.3 Å². The molecule has 0 radical (unpaired) electrons. The van der Waals surface area contributed by atoms with Crippen LogP contribution in [0, 0.1) is 6.92 Å². The summed E-state index contributed by atoms with van der Waals surface area (Å²) < 4.78 is 5.24. The first-order valence-electron chi connectivity index (χ1n) is 5.90. The number of aromatic nitrogens is 2. The standard InChI is InChI=1S/C14H17N3O/c1-11-8-12(5-6-14(11)18-2)9-15-10-13-4-3-7-16-17-13/h3-8,15H,9-10H2,1-2H3. The molecule has 1 aromatic carbocycles. The molecular weight excluding hydrogens is 226 g/mol. The maximum atomic E-state index is 5.24. The highest BCUT2D eigenvalue weighted by atomic mass is 16.5. The van der Waals surface area contributed by atoms with E-state index in [0.29, 0.717) is 0 Å². The lowest BCUT2D eigenvalue weighted by atomic mass is 10.1. The Balaban J connectivity index is 1.89. The number of ether oxygens (including phenoxy) is 1. The molecule has 4 heteroatoms. The van der Waals surface area contributed by atoms with Crippen molar-refractivity contribution in [2.75, 3.05) is 7.11 Å². The predicted molar refractivity (Wildman–Crippen MR) is 70.3 cm³/mol. The zero-order valence-electron chi connectivity index (χ0n) is 10.7. The van der Waals surface area contributed by atoms with Crippen molar-refractivity contribution in [3.05, 3.63) is 53.3 Å². The van der Waals surface area contributed by atoms with Gasteiger partial charge in [0.15, 0.2) is 0 Å². The van der Waals surface area contributed by atoms with Crippen LogP contribution in [0.5, 0.6) is 5.75 Å². The van der Waals surface area contributed by atoms with Gasteiger partial charge in [-0.05, 0) is 36.2 Å². The van der Waals surface area contributed by atoms with Crippen molar-refractivity contribution in [1.29, 1.82) is 0 Å². The topological polar surface area (TPSA) is 47.0 Å². The number of benzene rings is 1. The summed E-state index contributed by atoms with van der Waals surface area (Å²) in [5.74, 6) is 0.924. The molecule has 94 valence electrons. The van der Waals surface area contributed by atoms with Gasteiger partial charge in [-0.2, -0.15) is 10.2 Å². The second-order valence-corrected chi connectivity index (χ2v) is 4.12. The third-order valence-corrected chi connectivity index (χ3v) is 2.72. The van der Waals surface area contributed by atoms with Gasteiger partial charge in [-0.15, -0.1) is 0 Å². The normalized spacial score (nSPS) is 10.3. The molecule has 0 aliphatic carbocycles. The fraction of sp³-hybridized carbons (Fsp3) is 0.286. The van der Waals surface area contributed by atoms with Crippen molar-refractivity contribution in [3.63, 3.8) is 0 Å². The summed E-state index contributed by atoms with van der Waals surface area (Å²) in [5.41, 5.74) is 3.33. The minimum absolute atomic E-state index is 0.721. The van der Waals surface area contributed by atoms with E-state index in [1.54, 1.807) is 13.3 Å². The molecule has 18 heavy (non-hydrogen) atoms. The molecule has 0 aliphatic heterocycles. The van der Waals surface area contributed by atoms with E-state index in [9.17, 15) is 0 Å². The molecule has 0 aliphatic rings. The number of nitrogens with zero attached hydrogens (tertiary/aromatic N) is 2. The van der Waals surface area contributed by atoms with Gasteiger partial charge in [-0.3, -0.25) is 0 Å². The van der Waals surface area contributed by atoms with E-state index in [4.69, 9.17) is 4.74 Å². The molecule has 0 saturated carbocycles. The molecule has 0 atom stereocenters. The highest BCUT2D eigenvalue weighted by molar-refractivity contribution is 5.36. The quantitative estimate of drug-likeness (QED) is 0.873. The van der Waals surface area contributed by atoms with E-state index in [2.05, 4.69) is 27.6 Å². The summed E-state index contributed by atoms with van der Waals surface area (Å²) >= 11 is 0. The molecule has 0 unspecified atom stereocenters. The van der Waals surface area contributed by atoms with Crippen LogP contribution >= 0.6 is 0 Å². The zero-order valence-corrected chi connectivity index (χ0v) is 10.7. The molecule has 2 aromatic rings. The average Bonchev–Trinajstić information content (AvgIpc) is 2.40. The largest absolute Gasteiger partial charge is 0.496 e. The van der Waals surface area contributed by atoms with Gasteiger partial charge in [-0.1, -0.05) is 12.1 Å². The van der Waals surface area contributed by atoms with Crippen LogP contribution in [-0.2, 0) is 13.1 Å². The Morgan fingerprint density at radius 1 is 1.22 bits per heavy atom. The molecule has 0 amide bonds. The second-order valence-electron chi connectivity index (χ2n) is 4.12. The lowest BCUT2D eigenvalue weighted by Crippen LogP contribution is -2.14. The Bertz CT molecular complexity index is 500. The van der Waals surface area contributed by atoms with Crippen LogP contribution in [0.2, 0.25) is 0 Å². The summed E-state index contributed by atoms with van der Waals surface area (Å²) in [6.07, 6.45) is 1.68. The minimum atomic E-state index is 0.721. The molecule has 4 nitrogen and oxygen atoms in total. The van der Waals surface area contributed by atoms with E-state index >= 15 is 0 Å². The molecule has 0 spiro atoms. The number of nitrogens with one attached hydrogen (secondary N) is 1. The van der Waals surface area contributed by atoms with E-state index in [1.807, 2.05) is 25.1 Å². The molecule has 1 heterocycles. The van der Waals surface area contributed by atoms with Crippen LogP contribution in [0.25, 0.3) is 0 Å². The molecular formula is C14H17N3O. The van der Waals surface area contributed by atoms with Crippen molar-refractivity contribution in [2.45, 2.75) is 20.0 Å². The third kappa shape index (κ3) is 3.28. The summed E-state index contributed by atoms with van der Waals surface area (Å²) in [6.45, 7) is 3.57. The van der Waals surface area contributed by atoms with E-state index in [0.717, 1.165) is 30.1 Å². The lowest BCUT2D eigenvalue weighted by molar-refractivity contribution is 0.411. The van der Waals surface area contributed by atoms with Gasteiger partial charge < -0.3 is 10.1 Å². The Labute approximate surface area is 107 Å². The number of methoxy groups -OCH3 is 1. The van der Waals surface area contributed by atoms with Crippen molar-refractivity contribution < 1.29 is 4.74 Å². The number of aryl methyl sites for hydroxylation is 1. The van der Waals surface area contributed by atoms with E-state index in [-0.39, 0.29) is 0 Å². The average molecular weight is 243 g/mol. The molecule has 0 saturated heterocycles. The summed E-state index contributed by atoms with van der Waals surface area (Å²) in [5, 5.41) is 11.2. The fourth-order valence-corrected chi connectivity index (χ4v) is 1.81. The highest BCUT2D eigenvalue weighted by Crippen LogP contribution is 2.18. The Hall–Kier alpha value is -1.94. The van der Waals surface area contributed by atoms with Crippen molar-refractivity contribution in [1.82, 2.24) is 15.5 Å². The van der Waals surface area contributed by atoms with Crippen molar-refractivity contribution in [3.8, 4) is 5.75 Å². The van der Waals surface area contributed by atoms with Crippen LogP contribution in [0.4, 0.5) is 0 Å². The number of hydrogen-bond donors (Lipinski definition) is 1. The maximum absolute atomic E-state index is 5.24. The smallest absolute Gasteiger partial charge is 0.121 e. The Morgan fingerprint density at radius 3 is 2.78 bits per heavy atom. The van der Waals surface area contributed by atoms with E-state index < -0.39 is 0 Å². The first-order chi connectivity index (χ1) is 8.79. The monoisotopic (exact) mass is 243 g/mol. The van der Waals surface area contributed by atoms with Crippen LogP contribution in [0.1, 0.15) is 16.8 Å². The second kappa shape index (κ2) is 6.12. The molecule has 0 bridgehead atoms. The molecule has 0 fully saturated rings. The van der Waals surface area contributed by atoms with Crippen LogP contribution in [-0.4, -0.2) is 17.3 Å². The first-order valence-corrected chi connectivity index (χ1v) is 5.90. The van der Waals surface area contributed by atoms with Gasteiger partial charge in [0.2, 0.25) is 0 Å². The van der Waals surface area contributed by atoms with Crippen LogP contribution < -0.4 is 10.1 Å². The maximum Gasteiger partial charge on any atom is 0.121 e. The van der Waals surface area contributed by atoms with Gasteiger partial charge in [-0.25, -0.2) is 0 Å². The predicted octanol–water partition coefficient (Wildman–Crippen LogP) is 2.08. The van der Waals surface area contributed by atoms with Crippen molar-refractivity contribution in [2.24, 2.45) is 0 Å².